The maximum Gasteiger partial charge on any atom is 0.278 e. The first kappa shape index (κ1) is 21.9. The van der Waals surface area contributed by atoms with E-state index in [9.17, 15) is 13.2 Å². The number of quaternary nitrogens is 1. The molecule has 2 heterocycles. The summed E-state index contributed by atoms with van der Waals surface area (Å²) in [6.45, 7) is 8.82. The van der Waals surface area contributed by atoms with Crippen LogP contribution in [0.3, 0.4) is 0 Å². The summed E-state index contributed by atoms with van der Waals surface area (Å²) in [5.41, 5.74) is 1.17. The summed E-state index contributed by atoms with van der Waals surface area (Å²) < 4.78 is 29.0. The highest BCUT2D eigenvalue weighted by atomic mass is 32.2. The zero-order valence-electron chi connectivity index (χ0n) is 17.8. The van der Waals surface area contributed by atoms with E-state index in [0.29, 0.717) is 25.4 Å². The highest BCUT2D eigenvalue weighted by Gasteiger charge is 2.36. The SMILES string of the molecule is COc1ccc(N2CC[NH+](CC(=O)N(CC(C)C)[C@H]3CCS(=O)(=O)C3)CC2)cc1. The Balaban J connectivity index is 1.55. The van der Waals surface area contributed by atoms with Crippen LogP contribution >= 0.6 is 0 Å². The molecule has 3 rings (SSSR count). The lowest BCUT2D eigenvalue weighted by atomic mass is 10.1. The third-order valence-electron chi connectivity index (χ3n) is 5.84. The number of hydrogen-bond acceptors (Lipinski definition) is 5. The van der Waals surface area contributed by atoms with E-state index in [4.69, 9.17) is 4.74 Å². The number of piperazine rings is 1. The zero-order chi connectivity index (χ0) is 21.0. The Labute approximate surface area is 174 Å². The van der Waals surface area contributed by atoms with Gasteiger partial charge in [0.25, 0.3) is 5.91 Å². The smallest absolute Gasteiger partial charge is 0.278 e. The topological polar surface area (TPSA) is 71.4 Å². The molecule has 1 aromatic rings. The van der Waals surface area contributed by atoms with Gasteiger partial charge in [-0.1, -0.05) is 13.8 Å². The molecule has 1 aromatic carbocycles. The van der Waals surface area contributed by atoms with Crippen molar-refractivity contribution in [3.63, 3.8) is 0 Å². The summed E-state index contributed by atoms with van der Waals surface area (Å²) in [5.74, 6) is 1.58. The zero-order valence-corrected chi connectivity index (χ0v) is 18.6. The number of rotatable bonds is 7. The van der Waals surface area contributed by atoms with Gasteiger partial charge in [-0.15, -0.1) is 0 Å². The molecule has 162 valence electrons. The second-order valence-electron chi connectivity index (χ2n) is 8.61. The number of carbonyl (C=O) groups excluding carboxylic acids is 1. The Kier molecular flexibility index (Phi) is 7.05. The summed E-state index contributed by atoms with van der Waals surface area (Å²) >= 11 is 0. The van der Waals surface area contributed by atoms with Crippen molar-refractivity contribution in [1.82, 2.24) is 4.90 Å². The predicted octanol–water partition coefficient (Wildman–Crippen LogP) is 0.0718. The van der Waals surface area contributed by atoms with Crippen molar-refractivity contribution < 1.29 is 22.8 Å². The Bertz CT molecular complexity index is 787. The minimum absolute atomic E-state index is 0.0914. The number of nitrogens with zero attached hydrogens (tertiary/aromatic N) is 2. The monoisotopic (exact) mass is 424 g/mol. The van der Waals surface area contributed by atoms with Crippen molar-refractivity contribution in [2.75, 3.05) is 62.8 Å². The van der Waals surface area contributed by atoms with Gasteiger partial charge in [0.2, 0.25) is 0 Å². The summed E-state index contributed by atoms with van der Waals surface area (Å²) in [6.07, 6.45) is 0.571. The highest BCUT2D eigenvalue weighted by molar-refractivity contribution is 7.91. The van der Waals surface area contributed by atoms with Crippen LogP contribution in [-0.4, -0.2) is 83.2 Å². The minimum atomic E-state index is -3.00. The number of amides is 1. The molecule has 2 aliphatic heterocycles. The third-order valence-corrected chi connectivity index (χ3v) is 7.59. The van der Waals surface area contributed by atoms with Gasteiger partial charge in [-0.3, -0.25) is 4.79 Å². The lowest BCUT2D eigenvalue weighted by Crippen LogP contribution is -3.16. The number of sulfone groups is 1. The van der Waals surface area contributed by atoms with Crippen LogP contribution in [0.4, 0.5) is 5.69 Å². The molecular weight excluding hydrogens is 390 g/mol. The van der Waals surface area contributed by atoms with Crippen molar-refractivity contribution in [2.45, 2.75) is 26.3 Å². The van der Waals surface area contributed by atoms with Crippen molar-refractivity contribution >= 4 is 21.4 Å². The number of hydrogen-bond donors (Lipinski definition) is 1. The Morgan fingerprint density at radius 1 is 1.24 bits per heavy atom. The van der Waals surface area contributed by atoms with Gasteiger partial charge in [0.05, 0.1) is 44.8 Å². The molecule has 0 radical (unpaired) electrons. The molecule has 1 amide bonds. The first-order valence-electron chi connectivity index (χ1n) is 10.5. The molecular formula is C21H34N3O4S+. The maximum absolute atomic E-state index is 13.0. The molecule has 29 heavy (non-hydrogen) atoms. The van der Waals surface area contributed by atoms with E-state index >= 15 is 0 Å². The van der Waals surface area contributed by atoms with E-state index in [1.807, 2.05) is 17.0 Å². The molecule has 0 bridgehead atoms. The van der Waals surface area contributed by atoms with Crippen molar-refractivity contribution in [3.8, 4) is 5.75 Å². The molecule has 0 saturated carbocycles. The maximum atomic E-state index is 13.0. The molecule has 0 unspecified atom stereocenters. The summed E-state index contributed by atoms with van der Waals surface area (Å²) in [6, 6.07) is 7.92. The fraction of sp³-hybridized carbons (Fsp3) is 0.667. The number of anilines is 1. The standard InChI is InChI=1S/C21H33N3O4S/c1-17(2)14-24(19-8-13-29(26,27)16-19)21(25)15-22-9-11-23(12-10-22)18-4-6-20(28-3)7-5-18/h4-7,17,19H,8-16H2,1-3H3/p+1/t19-/m0/s1. The lowest BCUT2D eigenvalue weighted by Gasteiger charge is -2.35. The van der Waals surface area contributed by atoms with Crippen LogP contribution in [-0.2, 0) is 14.6 Å². The Hall–Kier alpha value is -1.80. The third kappa shape index (κ3) is 5.85. The number of carbonyl (C=O) groups is 1. The Morgan fingerprint density at radius 3 is 2.41 bits per heavy atom. The fourth-order valence-electron chi connectivity index (χ4n) is 4.24. The van der Waals surface area contributed by atoms with Crippen LogP contribution < -0.4 is 14.5 Å². The van der Waals surface area contributed by atoms with Gasteiger partial charge in [0, 0.05) is 18.3 Å². The van der Waals surface area contributed by atoms with Crippen LogP contribution in [0.1, 0.15) is 20.3 Å². The molecule has 1 atom stereocenters. The number of ether oxygens (including phenoxy) is 1. The van der Waals surface area contributed by atoms with Crippen LogP contribution in [0, 0.1) is 5.92 Å². The number of nitrogens with one attached hydrogen (secondary N) is 1. The average molecular weight is 425 g/mol. The van der Waals surface area contributed by atoms with Crippen LogP contribution in [0.2, 0.25) is 0 Å². The van der Waals surface area contributed by atoms with E-state index in [2.05, 4.69) is 30.9 Å². The quantitative estimate of drug-likeness (QED) is 0.671. The highest BCUT2D eigenvalue weighted by Crippen LogP contribution is 2.20. The molecule has 0 aromatic heterocycles. The molecule has 1 N–H and O–H groups in total. The van der Waals surface area contributed by atoms with Gasteiger partial charge in [0.1, 0.15) is 5.75 Å². The minimum Gasteiger partial charge on any atom is -0.497 e. The van der Waals surface area contributed by atoms with Gasteiger partial charge < -0.3 is 19.4 Å². The van der Waals surface area contributed by atoms with Gasteiger partial charge in [-0.25, -0.2) is 8.42 Å². The van der Waals surface area contributed by atoms with Crippen molar-refractivity contribution in [3.05, 3.63) is 24.3 Å². The van der Waals surface area contributed by atoms with E-state index in [0.717, 1.165) is 31.9 Å². The fourth-order valence-corrected chi connectivity index (χ4v) is 5.97. The summed E-state index contributed by atoms with van der Waals surface area (Å²) in [5, 5.41) is 0. The van der Waals surface area contributed by atoms with Crippen molar-refractivity contribution in [2.24, 2.45) is 5.92 Å². The van der Waals surface area contributed by atoms with Gasteiger partial charge in [-0.05, 0) is 36.6 Å². The van der Waals surface area contributed by atoms with Crippen LogP contribution in [0.5, 0.6) is 5.75 Å². The van der Waals surface area contributed by atoms with Crippen molar-refractivity contribution in [1.29, 1.82) is 0 Å². The molecule has 8 heteroatoms. The Morgan fingerprint density at radius 2 is 1.90 bits per heavy atom. The van der Waals surface area contributed by atoms with E-state index in [1.54, 1.807) is 7.11 Å². The second-order valence-corrected chi connectivity index (χ2v) is 10.8. The van der Waals surface area contributed by atoms with E-state index in [-0.39, 0.29) is 23.5 Å². The first-order valence-corrected chi connectivity index (χ1v) is 12.3. The molecule has 7 nitrogen and oxygen atoms in total. The molecule has 0 aliphatic carbocycles. The average Bonchev–Trinajstić information content (AvgIpc) is 3.06. The number of benzene rings is 1. The summed E-state index contributed by atoms with van der Waals surface area (Å²) in [7, 11) is -1.34. The number of methoxy groups -OCH3 is 1. The second kappa shape index (κ2) is 9.34. The molecule has 0 spiro atoms. The largest absolute Gasteiger partial charge is 0.497 e. The predicted molar refractivity (Wildman–Crippen MR) is 114 cm³/mol. The molecule has 2 saturated heterocycles. The molecule has 2 fully saturated rings. The molecule has 2 aliphatic rings. The van der Waals surface area contributed by atoms with E-state index < -0.39 is 9.84 Å². The normalized spacial score (nSPS) is 22.1. The first-order chi connectivity index (χ1) is 13.8. The van der Waals surface area contributed by atoms with Crippen LogP contribution in [0.15, 0.2) is 24.3 Å². The summed E-state index contributed by atoms with van der Waals surface area (Å²) in [4.78, 5) is 18.5. The van der Waals surface area contributed by atoms with E-state index in [1.165, 1.54) is 10.6 Å². The van der Waals surface area contributed by atoms with Gasteiger partial charge in [-0.2, -0.15) is 0 Å². The lowest BCUT2D eigenvalue weighted by molar-refractivity contribution is -0.892. The van der Waals surface area contributed by atoms with Crippen LogP contribution in [0.25, 0.3) is 0 Å². The van der Waals surface area contributed by atoms with Gasteiger partial charge >= 0.3 is 0 Å². The van der Waals surface area contributed by atoms with Gasteiger partial charge in [0.15, 0.2) is 16.4 Å².